The number of nitrogens with two attached hydrogens (primary N) is 1. The summed E-state index contributed by atoms with van der Waals surface area (Å²) in [6.45, 7) is 0. The Morgan fingerprint density at radius 3 is 2.53 bits per heavy atom. The number of benzene rings is 2. The summed E-state index contributed by atoms with van der Waals surface area (Å²) in [5, 5.41) is 12.7. The van der Waals surface area contributed by atoms with Crippen LogP contribution in [-0.2, 0) is 10.1 Å². The highest BCUT2D eigenvalue weighted by Crippen LogP contribution is 2.34. The van der Waals surface area contributed by atoms with E-state index in [9.17, 15) is 18.3 Å². The number of carbonyl (C=O) groups is 1. The van der Waals surface area contributed by atoms with Crippen molar-refractivity contribution in [1.82, 2.24) is 0 Å². The Hall–Kier alpha value is -2.32. The Kier molecular flexibility index (Phi) is 3.05. The van der Waals surface area contributed by atoms with E-state index in [0.717, 1.165) is 6.07 Å². The molecule has 0 aromatic heterocycles. The predicted molar refractivity (Wildman–Crippen MR) is 68.6 cm³/mol. The van der Waals surface area contributed by atoms with Gasteiger partial charge in [-0.3, -0.25) is 4.55 Å². The Balaban J connectivity index is 2.76. The molecule has 7 nitrogen and oxygen atoms in total. The molecule has 0 spiro atoms. The summed E-state index contributed by atoms with van der Waals surface area (Å²) >= 11 is 0. The standard InChI is InChI=1S/C11H10N2O5S/c12-11(15)13-8-3-1-2-6-4-7(19(16,17)18)5-9(14)10(6)8/h1-5,14H,(H3,12,13,15)(H,16,17,18). The second-order valence-corrected chi connectivity index (χ2v) is 5.23. The van der Waals surface area contributed by atoms with E-state index in [0.29, 0.717) is 5.39 Å². The van der Waals surface area contributed by atoms with Crippen LogP contribution in [0, 0.1) is 0 Å². The van der Waals surface area contributed by atoms with Crippen LogP contribution in [0.4, 0.5) is 10.5 Å². The molecule has 2 aromatic carbocycles. The highest BCUT2D eigenvalue weighted by Gasteiger charge is 2.15. The lowest BCUT2D eigenvalue weighted by atomic mass is 10.1. The van der Waals surface area contributed by atoms with E-state index >= 15 is 0 Å². The highest BCUT2D eigenvalue weighted by molar-refractivity contribution is 7.85. The monoisotopic (exact) mass is 282 g/mol. The lowest BCUT2D eigenvalue weighted by Crippen LogP contribution is -2.19. The molecular weight excluding hydrogens is 272 g/mol. The van der Waals surface area contributed by atoms with Gasteiger partial charge in [-0.1, -0.05) is 12.1 Å². The molecule has 2 rings (SSSR count). The fourth-order valence-electron chi connectivity index (χ4n) is 1.76. The molecule has 0 fully saturated rings. The molecule has 0 unspecified atom stereocenters. The first-order chi connectivity index (χ1) is 8.79. The van der Waals surface area contributed by atoms with Crippen LogP contribution in [0.5, 0.6) is 5.75 Å². The normalized spacial score (nSPS) is 11.4. The molecule has 19 heavy (non-hydrogen) atoms. The molecule has 0 aliphatic rings. The van der Waals surface area contributed by atoms with Crippen molar-refractivity contribution in [3.63, 3.8) is 0 Å². The number of amides is 2. The smallest absolute Gasteiger partial charge is 0.316 e. The molecule has 0 bridgehead atoms. The fraction of sp³-hybridized carbons (Fsp3) is 0. The van der Waals surface area contributed by atoms with Gasteiger partial charge in [-0.15, -0.1) is 0 Å². The van der Waals surface area contributed by atoms with Crippen molar-refractivity contribution in [2.75, 3.05) is 5.32 Å². The Morgan fingerprint density at radius 1 is 1.26 bits per heavy atom. The van der Waals surface area contributed by atoms with Crippen LogP contribution in [0.3, 0.4) is 0 Å². The van der Waals surface area contributed by atoms with E-state index in [1.54, 1.807) is 6.07 Å². The number of phenols is 1. The number of primary amides is 1. The maximum Gasteiger partial charge on any atom is 0.316 e. The van der Waals surface area contributed by atoms with E-state index < -0.39 is 26.8 Å². The molecule has 0 saturated carbocycles. The zero-order valence-corrected chi connectivity index (χ0v) is 10.3. The molecule has 100 valence electrons. The molecule has 0 aliphatic carbocycles. The average molecular weight is 282 g/mol. The summed E-state index contributed by atoms with van der Waals surface area (Å²) in [7, 11) is -4.42. The van der Waals surface area contributed by atoms with Crippen LogP contribution in [0.25, 0.3) is 10.8 Å². The molecular formula is C11H10N2O5S. The van der Waals surface area contributed by atoms with Gasteiger partial charge in [-0.05, 0) is 17.5 Å². The third kappa shape index (κ3) is 2.59. The average Bonchev–Trinajstić information content (AvgIpc) is 2.26. The molecule has 8 heteroatoms. The number of aromatic hydroxyl groups is 1. The van der Waals surface area contributed by atoms with Crippen LogP contribution in [0.2, 0.25) is 0 Å². The van der Waals surface area contributed by atoms with Gasteiger partial charge in [0.1, 0.15) is 5.75 Å². The largest absolute Gasteiger partial charge is 0.507 e. The zero-order valence-electron chi connectivity index (χ0n) is 9.49. The van der Waals surface area contributed by atoms with Gasteiger partial charge in [0.2, 0.25) is 0 Å². The van der Waals surface area contributed by atoms with Gasteiger partial charge >= 0.3 is 6.03 Å². The third-order valence-corrected chi connectivity index (χ3v) is 3.32. The Bertz CT molecular complexity index is 770. The van der Waals surface area contributed by atoms with Gasteiger partial charge in [0.25, 0.3) is 10.1 Å². The van der Waals surface area contributed by atoms with E-state index in [4.69, 9.17) is 10.3 Å². The first-order valence-corrected chi connectivity index (χ1v) is 6.53. The number of fused-ring (bicyclic) bond motifs is 1. The van der Waals surface area contributed by atoms with Crippen LogP contribution >= 0.6 is 0 Å². The summed E-state index contributed by atoms with van der Waals surface area (Å²) < 4.78 is 31.1. The second-order valence-electron chi connectivity index (χ2n) is 3.81. The molecule has 0 radical (unpaired) electrons. The number of rotatable bonds is 2. The van der Waals surface area contributed by atoms with Gasteiger partial charge < -0.3 is 16.2 Å². The quantitative estimate of drug-likeness (QED) is 0.616. The lowest BCUT2D eigenvalue weighted by molar-refractivity contribution is 0.259. The summed E-state index contributed by atoms with van der Waals surface area (Å²) in [6, 6.07) is 5.82. The van der Waals surface area contributed by atoms with Crippen molar-refractivity contribution < 1.29 is 22.9 Å². The van der Waals surface area contributed by atoms with Crippen molar-refractivity contribution in [3.05, 3.63) is 30.3 Å². The van der Waals surface area contributed by atoms with Crippen LogP contribution in [0.15, 0.2) is 35.2 Å². The lowest BCUT2D eigenvalue weighted by Gasteiger charge is -2.09. The summed E-state index contributed by atoms with van der Waals surface area (Å²) in [4.78, 5) is 10.4. The van der Waals surface area contributed by atoms with Gasteiger partial charge in [0.15, 0.2) is 0 Å². The molecule has 5 N–H and O–H groups in total. The highest BCUT2D eigenvalue weighted by atomic mass is 32.2. The van der Waals surface area contributed by atoms with E-state index in [1.807, 2.05) is 0 Å². The van der Waals surface area contributed by atoms with E-state index in [2.05, 4.69) is 5.32 Å². The predicted octanol–water partition coefficient (Wildman–Crippen LogP) is 1.28. The number of anilines is 1. The van der Waals surface area contributed by atoms with Crippen molar-refractivity contribution in [1.29, 1.82) is 0 Å². The zero-order chi connectivity index (χ0) is 14.2. The van der Waals surface area contributed by atoms with Gasteiger partial charge in [0, 0.05) is 11.5 Å². The van der Waals surface area contributed by atoms with Crippen molar-refractivity contribution >= 4 is 32.6 Å². The van der Waals surface area contributed by atoms with Crippen molar-refractivity contribution in [2.45, 2.75) is 4.90 Å². The number of phenolic OH excluding ortho intramolecular Hbond substituents is 1. The van der Waals surface area contributed by atoms with Crippen LogP contribution in [-0.4, -0.2) is 24.1 Å². The SMILES string of the molecule is NC(=O)Nc1cccc2cc(S(=O)(=O)O)cc(O)c12. The Labute approximate surface area is 108 Å². The first kappa shape index (κ1) is 13.1. The number of urea groups is 1. The summed E-state index contributed by atoms with van der Waals surface area (Å²) in [6.07, 6.45) is 0. The van der Waals surface area contributed by atoms with Crippen LogP contribution < -0.4 is 11.1 Å². The minimum atomic E-state index is -4.42. The van der Waals surface area contributed by atoms with Crippen LogP contribution in [0.1, 0.15) is 0 Å². The molecule has 2 amide bonds. The second kappa shape index (κ2) is 4.41. The summed E-state index contributed by atoms with van der Waals surface area (Å²) in [5.74, 6) is -0.394. The van der Waals surface area contributed by atoms with Gasteiger partial charge in [0.05, 0.1) is 10.6 Å². The molecule has 0 atom stereocenters. The maximum atomic E-state index is 11.0. The molecule has 0 aliphatic heterocycles. The summed E-state index contributed by atoms with van der Waals surface area (Å²) in [5.41, 5.74) is 5.24. The Morgan fingerprint density at radius 2 is 1.95 bits per heavy atom. The number of nitrogens with one attached hydrogen (secondary N) is 1. The maximum absolute atomic E-state index is 11.0. The van der Waals surface area contributed by atoms with Crippen molar-refractivity contribution in [3.8, 4) is 5.75 Å². The molecule has 0 saturated heterocycles. The topological polar surface area (TPSA) is 130 Å². The van der Waals surface area contributed by atoms with Crippen molar-refractivity contribution in [2.24, 2.45) is 5.73 Å². The van der Waals surface area contributed by atoms with Gasteiger partial charge in [-0.25, -0.2) is 4.79 Å². The minimum Gasteiger partial charge on any atom is -0.507 e. The third-order valence-electron chi connectivity index (χ3n) is 2.49. The fourth-order valence-corrected chi connectivity index (χ4v) is 2.30. The van der Waals surface area contributed by atoms with Gasteiger partial charge in [-0.2, -0.15) is 8.42 Å². The number of hydrogen-bond acceptors (Lipinski definition) is 4. The first-order valence-electron chi connectivity index (χ1n) is 5.09. The minimum absolute atomic E-state index is 0.230. The molecule has 2 aromatic rings. The molecule has 0 heterocycles. The number of hydrogen-bond donors (Lipinski definition) is 4. The van der Waals surface area contributed by atoms with E-state index in [1.165, 1.54) is 18.2 Å². The number of carbonyl (C=O) groups excluding carboxylic acids is 1. The van der Waals surface area contributed by atoms with E-state index in [-0.39, 0.29) is 11.1 Å².